The second-order valence-corrected chi connectivity index (χ2v) is 10.3. The molecule has 3 heterocycles. The van der Waals surface area contributed by atoms with Gasteiger partial charge in [-0.1, -0.05) is 12.1 Å². The highest BCUT2D eigenvalue weighted by molar-refractivity contribution is 7.18. The fourth-order valence-corrected chi connectivity index (χ4v) is 5.73. The van der Waals surface area contributed by atoms with Gasteiger partial charge in [0.1, 0.15) is 10.8 Å². The number of methoxy groups -OCH3 is 1. The van der Waals surface area contributed by atoms with Crippen LogP contribution in [-0.4, -0.2) is 40.7 Å². The molecule has 0 saturated carbocycles. The van der Waals surface area contributed by atoms with Gasteiger partial charge >= 0.3 is 12.0 Å². The SMILES string of the molecule is COc1ccc(-c2sc(-c3ccc4c(c3)N(C(=O)Nc3ncc(C)s3)CCC4)nc2C(=O)O)cc1. The summed E-state index contributed by atoms with van der Waals surface area (Å²) in [6, 6.07) is 12.8. The molecule has 8 nitrogen and oxygen atoms in total. The van der Waals surface area contributed by atoms with Gasteiger partial charge in [0, 0.05) is 28.9 Å². The smallest absolute Gasteiger partial charge is 0.356 e. The van der Waals surface area contributed by atoms with Gasteiger partial charge in [0.25, 0.3) is 0 Å². The monoisotopic (exact) mass is 506 g/mol. The largest absolute Gasteiger partial charge is 0.497 e. The van der Waals surface area contributed by atoms with Crippen molar-refractivity contribution >= 4 is 45.5 Å². The average Bonchev–Trinajstić information content (AvgIpc) is 3.50. The number of nitrogens with zero attached hydrogens (tertiary/aromatic N) is 3. The number of urea groups is 1. The molecule has 2 N–H and O–H groups in total. The minimum atomic E-state index is -1.09. The Kier molecular flexibility index (Phi) is 6.23. The molecule has 10 heteroatoms. The number of carbonyl (C=O) groups excluding carboxylic acids is 1. The van der Waals surface area contributed by atoms with Crippen LogP contribution in [0.2, 0.25) is 0 Å². The highest BCUT2D eigenvalue weighted by atomic mass is 32.1. The Labute approximate surface area is 209 Å². The number of thiazole rings is 2. The van der Waals surface area contributed by atoms with Gasteiger partial charge in [-0.2, -0.15) is 0 Å². The molecule has 0 saturated heterocycles. The first-order chi connectivity index (χ1) is 16.9. The number of hydrogen-bond acceptors (Lipinski definition) is 7. The van der Waals surface area contributed by atoms with Crippen molar-refractivity contribution in [3.05, 3.63) is 64.8 Å². The Balaban J connectivity index is 1.50. The Morgan fingerprint density at radius 1 is 1.11 bits per heavy atom. The topological polar surface area (TPSA) is 105 Å². The average molecular weight is 507 g/mol. The van der Waals surface area contributed by atoms with Gasteiger partial charge in [0.15, 0.2) is 10.8 Å². The molecule has 0 atom stereocenters. The highest BCUT2D eigenvalue weighted by Crippen LogP contribution is 2.39. The van der Waals surface area contributed by atoms with E-state index in [2.05, 4.69) is 15.3 Å². The molecule has 178 valence electrons. The van der Waals surface area contributed by atoms with Crippen molar-refractivity contribution in [3.8, 4) is 26.8 Å². The molecule has 0 radical (unpaired) electrons. The minimum absolute atomic E-state index is 0.00151. The molecule has 2 aromatic heterocycles. The molecule has 4 aromatic rings. The number of rotatable bonds is 5. The van der Waals surface area contributed by atoms with Gasteiger partial charge in [0.2, 0.25) is 0 Å². The van der Waals surface area contributed by atoms with E-state index in [-0.39, 0.29) is 11.7 Å². The molecule has 0 spiro atoms. The molecule has 0 aliphatic carbocycles. The summed E-state index contributed by atoms with van der Waals surface area (Å²) in [4.78, 5) is 37.0. The van der Waals surface area contributed by atoms with Crippen LogP contribution in [0, 0.1) is 6.92 Å². The van der Waals surface area contributed by atoms with Gasteiger partial charge in [-0.3, -0.25) is 10.2 Å². The third-order valence-corrected chi connectivity index (χ3v) is 7.69. The number of fused-ring (bicyclic) bond motifs is 1. The number of ether oxygens (including phenoxy) is 1. The molecule has 35 heavy (non-hydrogen) atoms. The zero-order chi connectivity index (χ0) is 24.5. The summed E-state index contributed by atoms with van der Waals surface area (Å²) >= 11 is 2.74. The Hall–Kier alpha value is -3.76. The van der Waals surface area contributed by atoms with E-state index in [9.17, 15) is 14.7 Å². The molecule has 2 aromatic carbocycles. The number of aromatic nitrogens is 2. The molecular weight excluding hydrogens is 484 g/mol. The molecule has 2 amide bonds. The number of hydrogen-bond donors (Lipinski definition) is 2. The van der Waals surface area contributed by atoms with Crippen LogP contribution in [0.25, 0.3) is 21.0 Å². The van der Waals surface area contributed by atoms with E-state index in [0.717, 1.165) is 40.1 Å². The van der Waals surface area contributed by atoms with Crippen LogP contribution in [0.15, 0.2) is 48.7 Å². The number of aryl methyl sites for hydroxylation is 2. The second kappa shape index (κ2) is 9.47. The van der Waals surface area contributed by atoms with E-state index in [4.69, 9.17) is 4.74 Å². The number of nitrogens with one attached hydrogen (secondary N) is 1. The molecule has 1 aliphatic heterocycles. The lowest BCUT2D eigenvalue weighted by atomic mass is 10.00. The third kappa shape index (κ3) is 4.62. The zero-order valence-electron chi connectivity index (χ0n) is 19.1. The molecule has 5 rings (SSSR count). The molecule has 0 bridgehead atoms. The maximum atomic E-state index is 13.1. The van der Waals surface area contributed by atoms with E-state index in [0.29, 0.717) is 27.3 Å². The van der Waals surface area contributed by atoms with E-state index >= 15 is 0 Å². The summed E-state index contributed by atoms with van der Waals surface area (Å²) < 4.78 is 5.21. The van der Waals surface area contributed by atoms with Gasteiger partial charge in [-0.05, 0) is 61.2 Å². The van der Waals surface area contributed by atoms with Crippen LogP contribution >= 0.6 is 22.7 Å². The lowest BCUT2D eigenvalue weighted by molar-refractivity contribution is 0.0692. The summed E-state index contributed by atoms with van der Waals surface area (Å²) in [6.07, 6.45) is 3.45. The summed E-state index contributed by atoms with van der Waals surface area (Å²) in [7, 11) is 1.58. The summed E-state index contributed by atoms with van der Waals surface area (Å²) in [5.41, 5.74) is 3.39. The maximum Gasteiger partial charge on any atom is 0.356 e. The molecule has 1 aliphatic rings. The molecule has 0 fully saturated rings. The van der Waals surface area contributed by atoms with Crippen molar-refractivity contribution in [2.75, 3.05) is 23.9 Å². The highest BCUT2D eigenvalue weighted by Gasteiger charge is 2.25. The number of amides is 2. The summed E-state index contributed by atoms with van der Waals surface area (Å²) in [6.45, 7) is 2.53. The molecule has 0 unspecified atom stereocenters. The van der Waals surface area contributed by atoms with Crippen molar-refractivity contribution in [2.24, 2.45) is 0 Å². The first kappa shape index (κ1) is 23.0. The van der Waals surface area contributed by atoms with Crippen LogP contribution in [0.3, 0.4) is 0 Å². The number of carboxylic acids is 1. The van der Waals surface area contributed by atoms with Crippen molar-refractivity contribution in [2.45, 2.75) is 19.8 Å². The van der Waals surface area contributed by atoms with Crippen LogP contribution in [0.4, 0.5) is 15.6 Å². The van der Waals surface area contributed by atoms with Gasteiger partial charge in [-0.25, -0.2) is 19.6 Å². The zero-order valence-corrected chi connectivity index (χ0v) is 20.7. The van der Waals surface area contributed by atoms with E-state index in [1.807, 2.05) is 37.3 Å². The van der Waals surface area contributed by atoms with E-state index < -0.39 is 5.97 Å². The van der Waals surface area contributed by atoms with Crippen LogP contribution in [0.5, 0.6) is 5.75 Å². The van der Waals surface area contributed by atoms with E-state index in [1.165, 1.54) is 22.7 Å². The van der Waals surface area contributed by atoms with Crippen LogP contribution in [-0.2, 0) is 6.42 Å². The maximum absolute atomic E-state index is 13.1. The third-order valence-electron chi connectivity index (χ3n) is 5.71. The Morgan fingerprint density at radius 2 is 1.89 bits per heavy atom. The van der Waals surface area contributed by atoms with Crippen molar-refractivity contribution in [1.29, 1.82) is 0 Å². The number of carboxylic acid groups (broad SMARTS) is 1. The van der Waals surface area contributed by atoms with Crippen molar-refractivity contribution < 1.29 is 19.4 Å². The van der Waals surface area contributed by atoms with Crippen molar-refractivity contribution in [3.63, 3.8) is 0 Å². The quantitative estimate of drug-likeness (QED) is 0.347. The van der Waals surface area contributed by atoms with Gasteiger partial charge in [-0.15, -0.1) is 22.7 Å². The summed E-state index contributed by atoms with van der Waals surface area (Å²) in [5, 5.41) is 13.8. The fourth-order valence-electron chi connectivity index (χ4n) is 4.02. The predicted octanol–water partition coefficient (Wildman–Crippen LogP) is 5.93. The van der Waals surface area contributed by atoms with Crippen LogP contribution < -0.4 is 15.0 Å². The van der Waals surface area contributed by atoms with Crippen LogP contribution in [0.1, 0.15) is 27.3 Å². The van der Waals surface area contributed by atoms with Gasteiger partial charge in [0.05, 0.1) is 12.0 Å². The Bertz CT molecular complexity index is 1410. The van der Waals surface area contributed by atoms with Crippen molar-refractivity contribution in [1.82, 2.24) is 9.97 Å². The number of benzene rings is 2. The predicted molar refractivity (Wildman–Crippen MR) is 138 cm³/mol. The first-order valence-electron chi connectivity index (χ1n) is 11.0. The summed E-state index contributed by atoms with van der Waals surface area (Å²) in [5.74, 6) is -0.396. The first-order valence-corrected chi connectivity index (χ1v) is 12.6. The Morgan fingerprint density at radius 3 is 2.57 bits per heavy atom. The lowest BCUT2D eigenvalue weighted by Crippen LogP contribution is -2.38. The van der Waals surface area contributed by atoms with Gasteiger partial charge < -0.3 is 9.84 Å². The number of carbonyl (C=O) groups is 2. The standard InChI is InChI=1S/C25H22N4O4S2/c1-14-13-26-24(34-14)28-25(32)29-11-3-4-15-5-6-17(12-19(15)29)22-27-20(23(30)31)21(35-22)16-7-9-18(33-2)10-8-16/h5-10,12-13H,3-4,11H2,1-2H3,(H,30,31)(H,26,28,32). The normalized spacial score (nSPS) is 12.8. The fraction of sp³-hybridized carbons (Fsp3) is 0.200. The molecular formula is C25H22N4O4S2. The number of anilines is 2. The van der Waals surface area contributed by atoms with E-state index in [1.54, 1.807) is 30.3 Å². The second-order valence-electron chi connectivity index (χ2n) is 8.04. The lowest BCUT2D eigenvalue weighted by Gasteiger charge is -2.29. The minimum Gasteiger partial charge on any atom is -0.497 e. The number of aromatic carboxylic acids is 1.